The van der Waals surface area contributed by atoms with Gasteiger partial charge in [0, 0.05) is 37.4 Å². The predicted molar refractivity (Wildman–Crippen MR) is 171 cm³/mol. The van der Waals surface area contributed by atoms with E-state index in [4.69, 9.17) is 19.9 Å². The zero-order chi connectivity index (χ0) is 32.3. The Balaban J connectivity index is 1.54. The van der Waals surface area contributed by atoms with Gasteiger partial charge in [-0.25, -0.2) is 0 Å². The third kappa shape index (κ3) is 4.91. The highest BCUT2D eigenvalue weighted by Gasteiger charge is 2.72. The van der Waals surface area contributed by atoms with Gasteiger partial charge in [0.05, 0.1) is 25.7 Å². The molecule has 8 nitrogen and oxygen atoms in total. The molecule has 0 aromatic heterocycles. The first-order chi connectivity index (χ1) is 20.6. The molecule has 1 aliphatic heterocycles. The summed E-state index contributed by atoms with van der Waals surface area (Å²) in [5.41, 5.74) is 5.77. The van der Waals surface area contributed by atoms with Crippen LogP contribution in [0.4, 0.5) is 0 Å². The van der Waals surface area contributed by atoms with Crippen LogP contribution >= 0.6 is 0 Å². The SMILES string of the molecule is CC(=O)O[C@@H]1C[C@@]23COCC(C)([C@H]1OCCNCCN)[C@@H]2CC[C@H]1C3=CC[C@@]2(C)[C@H](C(=O)O)[C@@](C)([C@H](C)C(C)C)CC[C@]12C. The number of carbonyl (C=O) groups excluding carboxylic acids is 1. The van der Waals surface area contributed by atoms with Gasteiger partial charge in [0.15, 0.2) is 0 Å². The fourth-order valence-corrected chi connectivity index (χ4v) is 11.7. The van der Waals surface area contributed by atoms with Gasteiger partial charge >= 0.3 is 11.9 Å². The number of esters is 1. The maximum atomic E-state index is 13.3. The molecule has 1 unspecified atom stereocenters. The van der Waals surface area contributed by atoms with Gasteiger partial charge in [-0.1, -0.05) is 60.1 Å². The molecule has 4 aliphatic carbocycles. The van der Waals surface area contributed by atoms with Gasteiger partial charge in [-0.3, -0.25) is 9.59 Å². The Labute approximate surface area is 265 Å². The first-order valence-electron chi connectivity index (χ1n) is 17.3. The molecule has 2 bridgehead atoms. The Kier molecular flexibility index (Phi) is 9.20. The maximum Gasteiger partial charge on any atom is 0.307 e. The Hall–Kier alpha value is -1.48. The van der Waals surface area contributed by atoms with Crippen LogP contribution in [0.1, 0.15) is 93.9 Å². The molecule has 250 valence electrons. The summed E-state index contributed by atoms with van der Waals surface area (Å²) in [6, 6.07) is 0. The van der Waals surface area contributed by atoms with Gasteiger partial charge in [0.1, 0.15) is 12.2 Å². The van der Waals surface area contributed by atoms with Crippen LogP contribution in [-0.4, -0.2) is 68.7 Å². The van der Waals surface area contributed by atoms with E-state index in [-0.39, 0.29) is 51.2 Å². The molecule has 0 spiro atoms. The molecule has 4 N–H and O–H groups in total. The largest absolute Gasteiger partial charge is 0.481 e. The van der Waals surface area contributed by atoms with Crippen molar-refractivity contribution in [1.29, 1.82) is 0 Å². The first kappa shape index (κ1) is 33.9. The summed E-state index contributed by atoms with van der Waals surface area (Å²) in [5, 5.41) is 14.2. The average molecular weight is 617 g/mol. The molecule has 3 saturated carbocycles. The van der Waals surface area contributed by atoms with Crippen LogP contribution in [0.25, 0.3) is 0 Å². The fraction of sp³-hybridized carbons (Fsp3) is 0.889. The lowest BCUT2D eigenvalue weighted by Crippen LogP contribution is -2.70. The second-order valence-corrected chi connectivity index (χ2v) is 16.5. The smallest absolute Gasteiger partial charge is 0.307 e. The van der Waals surface area contributed by atoms with Crippen molar-refractivity contribution < 1.29 is 28.9 Å². The molecule has 4 fully saturated rings. The first-order valence-corrected chi connectivity index (χ1v) is 17.3. The molecule has 0 radical (unpaired) electrons. The molecule has 8 heteroatoms. The van der Waals surface area contributed by atoms with Crippen molar-refractivity contribution in [3.63, 3.8) is 0 Å². The molecule has 0 aromatic rings. The topological polar surface area (TPSA) is 120 Å². The van der Waals surface area contributed by atoms with Gasteiger partial charge in [-0.05, 0) is 78.4 Å². The standard InChI is InChI=1S/C36H60N2O6/c1-22(2)23(3)32(5)13-14-34(7)25-9-10-28-33(6)20-42-21-36(28,26(25)11-12-35(34,8)29(32)31(40)41)19-27(44-24(4)39)30(33)43-18-17-38-16-15-37/h11,22-23,25,27-30,38H,9-10,12-21,37H2,1-8H3,(H,40,41)/t23-,25+,27-,28+,29-,30+,32-,33?,34-,35+,36+/m1/s1. The van der Waals surface area contributed by atoms with E-state index in [1.807, 2.05) is 0 Å². The van der Waals surface area contributed by atoms with Crippen LogP contribution in [0.5, 0.6) is 0 Å². The van der Waals surface area contributed by atoms with Gasteiger partial charge in [0.25, 0.3) is 0 Å². The molecule has 1 heterocycles. The summed E-state index contributed by atoms with van der Waals surface area (Å²) in [6.45, 7) is 21.2. The molecule has 1 saturated heterocycles. The number of nitrogens with two attached hydrogens (primary N) is 1. The van der Waals surface area contributed by atoms with E-state index in [1.165, 1.54) is 12.5 Å². The van der Waals surface area contributed by atoms with E-state index < -0.39 is 11.9 Å². The van der Waals surface area contributed by atoms with E-state index >= 15 is 0 Å². The van der Waals surface area contributed by atoms with Crippen molar-refractivity contribution >= 4 is 11.9 Å². The van der Waals surface area contributed by atoms with Crippen LogP contribution in [-0.2, 0) is 23.8 Å². The van der Waals surface area contributed by atoms with Gasteiger partial charge in [-0.15, -0.1) is 0 Å². The molecular weight excluding hydrogens is 556 g/mol. The highest BCUT2D eigenvalue weighted by molar-refractivity contribution is 5.73. The molecular formula is C36H60N2O6. The predicted octanol–water partition coefficient (Wildman–Crippen LogP) is 5.44. The molecule has 5 rings (SSSR count). The third-order valence-electron chi connectivity index (χ3n) is 14.3. The summed E-state index contributed by atoms with van der Waals surface area (Å²) in [5.74, 6) is 0.0163. The summed E-state index contributed by atoms with van der Waals surface area (Å²) >= 11 is 0. The molecule has 44 heavy (non-hydrogen) atoms. The van der Waals surface area contributed by atoms with Gasteiger partial charge in [-0.2, -0.15) is 0 Å². The number of carbonyl (C=O) groups is 2. The van der Waals surface area contributed by atoms with Crippen molar-refractivity contribution in [3.8, 4) is 0 Å². The summed E-state index contributed by atoms with van der Waals surface area (Å²) < 4.78 is 19.2. The normalized spacial score (nSPS) is 45.4. The van der Waals surface area contributed by atoms with Crippen LogP contribution in [0.15, 0.2) is 11.6 Å². The maximum absolute atomic E-state index is 13.3. The number of nitrogens with one attached hydrogen (secondary N) is 1. The number of allylic oxidation sites excluding steroid dienone is 1. The molecule has 5 aliphatic rings. The van der Waals surface area contributed by atoms with Crippen molar-refractivity contribution in [2.45, 2.75) is 106 Å². The minimum absolute atomic E-state index is 0.150. The molecule has 0 aromatic carbocycles. The number of hydrogen-bond acceptors (Lipinski definition) is 7. The van der Waals surface area contributed by atoms with Crippen molar-refractivity contribution in [1.82, 2.24) is 5.32 Å². The number of aliphatic carboxylic acids is 1. The lowest BCUT2D eigenvalue weighted by atomic mass is 9.34. The van der Waals surface area contributed by atoms with Gasteiger partial charge in [0.2, 0.25) is 0 Å². The monoisotopic (exact) mass is 616 g/mol. The second-order valence-electron chi connectivity index (χ2n) is 16.5. The van der Waals surface area contributed by atoms with Crippen LogP contribution in [0.2, 0.25) is 0 Å². The number of carboxylic acids is 1. The Morgan fingerprint density at radius 1 is 1.09 bits per heavy atom. The van der Waals surface area contributed by atoms with E-state index in [1.54, 1.807) is 0 Å². The second kappa shape index (κ2) is 12.0. The lowest BCUT2D eigenvalue weighted by Gasteiger charge is -2.71. The van der Waals surface area contributed by atoms with E-state index in [2.05, 4.69) is 59.9 Å². The minimum atomic E-state index is -0.640. The fourth-order valence-electron chi connectivity index (χ4n) is 11.7. The number of ether oxygens (including phenoxy) is 3. The Morgan fingerprint density at radius 3 is 2.45 bits per heavy atom. The van der Waals surface area contributed by atoms with Crippen molar-refractivity contribution in [3.05, 3.63) is 11.6 Å². The van der Waals surface area contributed by atoms with Gasteiger partial charge < -0.3 is 30.4 Å². The van der Waals surface area contributed by atoms with Crippen LogP contribution < -0.4 is 11.1 Å². The third-order valence-corrected chi connectivity index (χ3v) is 14.3. The summed E-state index contributed by atoms with van der Waals surface area (Å²) in [4.78, 5) is 25.8. The number of fused-ring (bicyclic) bond motifs is 3. The lowest BCUT2D eigenvalue weighted by molar-refractivity contribution is -0.266. The quantitative estimate of drug-likeness (QED) is 0.169. The van der Waals surface area contributed by atoms with Crippen LogP contribution in [0.3, 0.4) is 0 Å². The number of hydrogen-bond donors (Lipinski definition) is 3. The molecule has 11 atom stereocenters. The Bertz CT molecular complexity index is 1140. The number of carboxylic acid groups (broad SMARTS) is 1. The number of rotatable bonds is 10. The zero-order valence-electron chi connectivity index (χ0n) is 28.7. The summed E-state index contributed by atoms with van der Waals surface area (Å²) in [7, 11) is 0. The van der Waals surface area contributed by atoms with Crippen molar-refractivity contribution in [2.75, 3.05) is 39.5 Å². The van der Waals surface area contributed by atoms with E-state index in [0.717, 1.165) is 38.6 Å². The van der Waals surface area contributed by atoms with Crippen molar-refractivity contribution in [2.24, 2.45) is 62.4 Å². The summed E-state index contributed by atoms with van der Waals surface area (Å²) in [6.07, 6.45) is 7.31. The highest BCUT2D eigenvalue weighted by Crippen LogP contribution is 2.75. The minimum Gasteiger partial charge on any atom is -0.481 e. The molecule has 0 amide bonds. The Morgan fingerprint density at radius 2 is 1.82 bits per heavy atom. The van der Waals surface area contributed by atoms with Crippen LogP contribution in [0, 0.1) is 56.7 Å². The highest BCUT2D eigenvalue weighted by atomic mass is 16.6. The van der Waals surface area contributed by atoms with E-state index in [9.17, 15) is 14.7 Å². The zero-order valence-corrected chi connectivity index (χ0v) is 28.7. The average Bonchev–Trinajstić information content (AvgIpc) is 2.93. The van der Waals surface area contributed by atoms with E-state index in [0.29, 0.717) is 57.1 Å².